The number of thiocarbonyl (C=S) groups is 1. The fraction of sp³-hybridized carbons (Fsp3) is 0.0500. The molecular formula is C20H14BrClN2O3S. The van der Waals surface area contributed by atoms with Crippen LogP contribution in [0.5, 0.6) is 5.75 Å². The van der Waals surface area contributed by atoms with Gasteiger partial charge in [0.05, 0.1) is 10.2 Å². The van der Waals surface area contributed by atoms with E-state index in [2.05, 4.69) is 27.8 Å². The van der Waals surface area contributed by atoms with Gasteiger partial charge in [-0.2, -0.15) is 0 Å². The summed E-state index contributed by atoms with van der Waals surface area (Å²) in [6.07, 6.45) is 3.14. The average Bonchev–Trinajstić information content (AvgIpc) is 2.66. The highest BCUT2D eigenvalue weighted by atomic mass is 79.9. The molecule has 2 aromatic carbocycles. The standard InChI is InChI=1S/C20H14BrClN2O3S/c1-2-9-27-17-8-3-12(11-16(17)21)10-15-18(25)23-20(28)24(19(15)26)14-6-4-13(22)5-7-14/h2-8,10-11H,1,9H2,(H,23,25,28)/b15-10-. The van der Waals surface area contributed by atoms with Crippen LogP contribution in [0.1, 0.15) is 5.56 Å². The molecule has 2 aromatic rings. The molecule has 5 nitrogen and oxygen atoms in total. The number of benzene rings is 2. The van der Waals surface area contributed by atoms with E-state index in [1.165, 1.54) is 11.0 Å². The third-order valence-corrected chi connectivity index (χ3v) is 4.97. The molecule has 1 aliphatic heterocycles. The fourth-order valence-electron chi connectivity index (χ4n) is 2.52. The second-order valence-electron chi connectivity index (χ2n) is 5.72. The van der Waals surface area contributed by atoms with E-state index in [9.17, 15) is 9.59 Å². The Kier molecular flexibility index (Phi) is 6.28. The molecule has 0 radical (unpaired) electrons. The minimum absolute atomic E-state index is 0.0174. The van der Waals surface area contributed by atoms with Crippen molar-refractivity contribution in [2.45, 2.75) is 0 Å². The second-order valence-corrected chi connectivity index (χ2v) is 7.40. The Morgan fingerprint density at radius 2 is 1.93 bits per heavy atom. The number of nitrogens with zero attached hydrogens (tertiary/aromatic N) is 1. The van der Waals surface area contributed by atoms with Crippen LogP contribution in [0.15, 0.2) is 65.2 Å². The average molecular weight is 478 g/mol. The van der Waals surface area contributed by atoms with Crippen LogP contribution in [0.2, 0.25) is 5.02 Å². The summed E-state index contributed by atoms with van der Waals surface area (Å²) in [4.78, 5) is 26.6. The lowest BCUT2D eigenvalue weighted by molar-refractivity contribution is -0.122. The number of rotatable bonds is 5. The van der Waals surface area contributed by atoms with Gasteiger partial charge in [0, 0.05) is 5.02 Å². The number of amides is 2. The van der Waals surface area contributed by atoms with E-state index < -0.39 is 11.8 Å². The molecule has 1 N–H and O–H groups in total. The van der Waals surface area contributed by atoms with Crippen molar-refractivity contribution in [2.24, 2.45) is 0 Å². The summed E-state index contributed by atoms with van der Waals surface area (Å²) in [5.41, 5.74) is 1.13. The Bertz CT molecular complexity index is 1010. The summed E-state index contributed by atoms with van der Waals surface area (Å²) < 4.78 is 6.20. The molecule has 0 atom stereocenters. The van der Waals surface area contributed by atoms with Gasteiger partial charge in [-0.25, -0.2) is 0 Å². The van der Waals surface area contributed by atoms with E-state index in [1.807, 2.05) is 0 Å². The van der Waals surface area contributed by atoms with Crippen molar-refractivity contribution in [2.75, 3.05) is 11.5 Å². The Labute approximate surface area is 180 Å². The van der Waals surface area contributed by atoms with E-state index in [-0.39, 0.29) is 10.7 Å². The first-order chi connectivity index (χ1) is 13.4. The molecule has 0 aromatic heterocycles. The zero-order valence-electron chi connectivity index (χ0n) is 14.4. The summed E-state index contributed by atoms with van der Waals surface area (Å²) >= 11 is 14.5. The van der Waals surface area contributed by atoms with Crippen LogP contribution in [0, 0.1) is 0 Å². The Morgan fingerprint density at radius 1 is 1.21 bits per heavy atom. The van der Waals surface area contributed by atoms with Gasteiger partial charge in [0.1, 0.15) is 17.9 Å². The van der Waals surface area contributed by atoms with Gasteiger partial charge < -0.3 is 4.74 Å². The van der Waals surface area contributed by atoms with Crippen molar-refractivity contribution in [3.05, 3.63) is 75.8 Å². The van der Waals surface area contributed by atoms with Gasteiger partial charge >= 0.3 is 0 Å². The van der Waals surface area contributed by atoms with Crippen LogP contribution in [-0.2, 0) is 9.59 Å². The number of ether oxygens (including phenoxy) is 1. The molecule has 0 saturated carbocycles. The van der Waals surface area contributed by atoms with Gasteiger partial charge in [0.15, 0.2) is 5.11 Å². The SMILES string of the molecule is C=CCOc1ccc(/C=C2/C(=O)NC(=S)N(c3ccc(Cl)cc3)C2=O)cc1Br. The maximum Gasteiger partial charge on any atom is 0.270 e. The fourth-order valence-corrected chi connectivity index (χ4v) is 3.44. The lowest BCUT2D eigenvalue weighted by Gasteiger charge is -2.29. The Hall–Kier alpha value is -2.48. The highest BCUT2D eigenvalue weighted by molar-refractivity contribution is 9.10. The quantitative estimate of drug-likeness (QED) is 0.298. The molecule has 0 aliphatic carbocycles. The molecule has 0 bridgehead atoms. The molecule has 1 fully saturated rings. The maximum absolute atomic E-state index is 13.0. The Morgan fingerprint density at radius 3 is 2.57 bits per heavy atom. The van der Waals surface area contributed by atoms with Crippen LogP contribution in [0.3, 0.4) is 0 Å². The number of carbonyl (C=O) groups excluding carboxylic acids is 2. The summed E-state index contributed by atoms with van der Waals surface area (Å²) in [5, 5.41) is 3.09. The number of hydrogen-bond acceptors (Lipinski definition) is 4. The molecule has 0 unspecified atom stereocenters. The predicted molar refractivity (Wildman–Crippen MR) is 117 cm³/mol. The number of nitrogens with one attached hydrogen (secondary N) is 1. The second kappa shape index (κ2) is 8.68. The van der Waals surface area contributed by atoms with Gasteiger partial charge in [-0.15, -0.1) is 0 Å². The van der Waals surface area contributed by atoms with Gasteiger partial charge in [0.2, 0.25) is 0 Å². The van der Waals surface area contributed by atoms with E-state index in [1.54, 1.807) is 48.5 Å². The molecule has 1 aliphatic rings. The molecule has 28 heavy (non-hydrogen) atoms. The van der Waals surface area contributed by atoms with Crippen molar-refractivity contribution in [3.8, 4) is 5.75 Å². The minimum atomic E-state index is -0.552. The highest BCUT2D eigenvalue weighted by Gasteiger charge is 2.34. The van der Waals surface area contributed by atoms with Crippen molar-refractivity contribution in [3.63, 3.8) is 0 Å². The van der Waals surface area contributed by atoms with E-state index in [0.29, 0.717) is 33.1 Å². The summed E-state index contributed by atoms with van der Waals surface area (Å²) in [6, 6.07) is 11.8. The topological polar surface area (TPSA) is 58.6 Å². The van der Waals surface area contributed by atoms with Gasteiger partial charge in [-0.05, 0) is 76.2 Å². The predicted octanol–water partition coefficient (Wildman–Crippen LogP) is 4.50. The lowest BCUT2D eigenvalue weighted by atomic mass is 10.1. The lowest BCUT2D eigenvalue weighted by Crippen LogP contribution is -2.54. The van der Waals surface area contributed by atoms with Crippen LogP contribution in [0.25, 0.3) is 6.08 Å². The van der Waals surface area contributed by atoms with Crippen LogP contribution in [0.4, 0.5) is 5.69 Å². The number of hydrogen-bond donors (Lipinski definition) is 1. The van der Waals surface area contributed by atoms with Gasteiger partial charge in [0.25, 0.3) is 11.8 Å². The van der Waals surface area contributed by atoms with E-state index in [0.717, 1.165) is 0 Å². The monoisotopic (exact) mass is 476 g/mol. The zero-order chi connectivity index (χ0) is 20.3. The maximum atomic E-state index is 13.0. The van der Waals surface area contributed by atoms with E-state index in [4.69, 9.17) is 28.6 Å². The van der Waals surface area contributed by atoms with Gasteiger partial charge in [-0.3, -0.25) is 19.8 Å². The highest BCUT2D eigenvalue weighted by Crippen LogP contribution is 2.28. The van der Waals surface area contributed by atoms with Gasteiger partial charge in [-0.1, -0.05) is 30.3 Å². The van der Waals surface area contributed by atoms with Crippen molar-refractivity contribution >= 4 is 68.4 Å². The summed E-state index contributed by atoms with van der Waals surface area (Å²) in [7, 11) is 0. The molecular weight excluding hydrogens is 464 g/mol. The smallest absolute Gasteiger partial charge is 0.270 e. The summed E-state index contributed by atoms with van der Waals surface area (Å²) in [6.45, 7) is 3.97. The van der Waals surface area contributed by atoms with Crippen molar-refractivity contribution in [1.29, 1.82) is 0 Å². The minimum Gasteiger partial charge on any atom is -0.488 e. The first kappa shape index (κ1) is 20.3. The van der Waals surface area contributed by atoms with Crippen LogP contribution in [-0.4, -0.2) is 23.5 Å². The molecule has 3 rings (SSSR count). The largest absolute Gasteiger partial charge is 0.488 e. The molecule has 8 heteroatoms. The molecule has 2 amide bonds. The van der Waals surface area contributed by atoms with Crippen LogP contribution < -0.4 is 15.0 Å². The first-order valence-corrected chi connectivity index (χ1v) is 9.69. The Balaban J connectivity index is 1.93. The number of anilines is 1. The molecule has 0 spiro atoms. The van der Waals surface area contributed by atoms with E-state index >= 15 is 0 Å². The normalized spacial score (nSPS) is 15.6. The van der Waals surface area contributed by atoms with Crippen molar-refractivity contribution < 1.29 is 14.3 Å². The number of halogens is 2. The van der Waals surface area contributed by atoms with Crippen LogP contribution >= 0.6 is 39.7 Å². The third-order valence-electron chi connectivity index (χ3n) is 3.81. The number of carbonyl (C=O) groups is 2. The summed E-state index contributed by atoms with van der Waals surface area (Å²) in [5.74, 6) is -0.437. The first-order valence-electron chi connectivity index (χ1n) is 8.11. The molecule has 1 saturated heterocycles. The molecule has 142 valence electrons. The zero-order valence-corrected chi connectivity index (χ0v) is 17.6. The third kappa shape index (κ3) is 4.32. The van der Waals surface area contributed by atoms with Crippen molar-refractivity contribution in [1.82, 2.24) is 5.32 Å². The molecule has 1 heterocycles.